The highest BCUT2D eigenvalue weighted by atomic mass is 16.5. The summed E-state index contributed by atoms with van der Waals surface area (Å²) in [5.74, 6) is -0.534. The number of aliphatic hydroxyl groups excluding tert-OH is 2. The Hall–Kier alpha value is -1.72. The molecular weight excluding hydrogens is 222 g/mol. The minimum atomic E-state index is -1.13. The summed E-state index contributed by atoms with van der Waals surface area (Å²) in [6, 6.07) is 8.83. The van der Waals surface area contributed by atoms with Crippen molar-refractivity contribution in [3.8, 4) is 0 Å². The minimum absolute atomic E-state index is 0.102. The molecule has 1 aliphatic heterocycles. The van der Waals surface area contributed by atoms with E-state index in [9.17, 15) is 15.0 Å². The fourth-order valence-corrected chi connectivity index (χ4v) is 1.57. The molecule has 1 heterocycles. The Morgan fingerprint density at radius 2 is 1.88 bits per heavy atom. The van der Waals surface area contributed by atoms with E-state index in [-0.39, 0.29) is 25.5 Å². The lowest BCUT2D eigenvalue weighted by molar-refractivity contribution is -0.140. The van der Waals surface area contributed by atoms with E-state index in [4.69, 9.17) is 4.74 Å². The van der Waals surface area contributed by atoms with Gasteiger partial charge < -0.3 is 14.9 Å². The maximum Gasteiger partial charge on any atom is 0.357 e. The molecular formula is C12H13NO4. The number of nitrogens with zero attached hydrogens (tertiary/aromatic N) is 1. The molecule has 0 saturated heterocycles. The lowest BCUT2D eigenvalue weighted by Gasteiger charge is -2.29. The van der Waals surface area contributed by atoms with Crippen LogP contribution in [0.1, 0.15) is 5.56 Å². The SMILES string of the molecule is O=C1OCC(CO)(CO)N=C1c1ccccc1. The second-order valence-electron chi connectivity index (χ2n) is 3.94. The molecule has 2 rings (SSSR count). The zero-order valence-corrected chi connectivity index (χ0v) is 9.17. The monoisotopic (exact) mass is 235 g/mol. The maximum absolute atomic E-state index is 11.6. The smallest absolute Gasteiger partial charge is 0.357 e. The number of hydrogen-bond donors (Lipinski definition) is 2. The molecule has 1 aliphatic rings. The van der Waals surface area contributed by atoms with Gasteiger partial charge in [0.2, 0.25) is 0 Å². The van der Waals surface area contributed by atoms with Gasteiger partial charge in [-0.1, -0.05) is 30.3 Å². The van der Waals surface area contributed by atoms with E-state index < -0.39 is 11.5 Å². The highest BCUT2D eigenvalue weighted by Crippen LogP contribution is 2.19. The minimum Gasteiger partial charge on any atom is -0.458 e. The molecule has 0 atom stereocenters. The average Bonchev–Trinajstić information content (AvgIpc) is 2.41. The van der Waals surface area contributed by atoms with Gasteiger partial charge >= 0.3 is 5.97 Å². The number of cyclic esters (lactones) is 1. The number of hydrogen-bond acceptors (Lipinski definition) is 5. The Bertz CT molecular complexity index is 437. The van der Waals surface area contributed by atoms with Gasteiger partial charge in [-0.15, -0.1) is 0 Å². The summed E-state index contributed by atoms with van der Waals surface area (Å²) < 4.78 is 4.95. The zero-order chi connectivity index (χ0) is 12.3. The first-order chi connectivity index (χ1) is 8.21. The molecule has 1 aromatic carbocycles. The molecule has 0 aliphatic carbocycles. The van der Waals surface area contributed by atoms with E-state index in [1.165, 1.54) is 0 Å². The number of ether oxygens (including phenoxy) is 1. The van der Waals surface area contributed by atoms with Crippen LogP contribution in [0.15, 0.2) is 35.3 Å². The first-order valence-electron chi connectivity index (χ1n) is 5.25. The van der Waals surface area contributed by atoms with Gasteiger partial charge in [0.05, 0.1) is 13.2 Å². The molecule has 17 heavy (non-hydrogen) atoms. The lowest BCUT2D eigenvalue weighted by Crippen LogP contribution is -2.47. The summed E-state index contributed by atoms with van der Waals surface area (Å²) in [4.78, 5) is 15.7. The van der Waals surface area contributed by atoms with E-state index in [2.05, 4.69) is 4.99 Å². The van der Waals surface area contributed by atoms with Crippen LogP contribution in [0.5, 0.6) is 0 Å². The highest BCUT2D eigenvalue weighted by Gasteiger charge is 2.36. The van der Waals surface area contributed by atoms with E-state index >= 15 is 0 Å². The van der Waals surface area contributed by atoms with Gasteiger partial charge in [0, 0.05) is 5.56 Å². The summed E-state index contributed by atoms with van der Waals surface area (Å²) >= 11 is 0. The Labute approximate surface area is 98.4 Å². The maximum atomic E-state index is 11.6. The van der Waals surface area contributed by atoms with Crippen molar-refractivity contribution in [2.75, 3.05) is 19.8 Å². The van der Waals surface area contributed by atoms with Gasteiger partial charge in [0.15, 0.2) is 5.71 Å². The molecule has 0 amide bonds. The standard InChI is InChI=1S/C12H13NO4/c14-6-12(7-15)8-17-11(16)10(13-12)9-4-2-1-3-5-9/h1-5,14-15H,6-8H2. The molecule has 0 radical (unpaired) electrons. The molecule has 5 nitrogen and oxygen atoms in total. The number of carbonyl (C=O) groups is 1. The van der Waals surface area contributed by atoms with Gasteiger partial charge in [-0.05, 0) is 0 Å². The fraction of sp³-hybridized carbons (Fsp3) is 0.333. The first kappa shape index (κ1) is 11.8. The van der Waals surface area contributed by atoms with E-state index in [1.807, 2.05) is 6.07 Å². The van der Waals surface area contributed by atoms with Crippen LogP contribution >= 0.6 is 0 Å². The summed E-state index contributed by atoms with van der Waals surface area (Å²) in [6.45, 7) is -0.838. The van der Waals surface area contributed by atoms with Gasteiger partial charge in [0.25, 0.3) is 0 Å². The van der Waals surface area contributed by atoms with Crippen molar-refractivity contribution in [2.45, 2.75) is 5.54 Å². The number of esters is 1. The number of carbonyl (C=O) groups excluding carboxylic acids is 1. The molecule has 0 unspecified atom stereocenters. The summed E-state index contributed by atoms with van der Waals surface area (Å²) in [5.41, 5.74) is -0.373. The van der Waals surface area contributed by atoms with Crippen molar-refractivity contribution in [1.29, 1.82) is 0 Å². The number of rotatable bonds is 3. The van der Waals surface area contributed by atoms with Crippen LogP contribution in [-0.4, -0.2) is 47.3 Å². The van der Waals surface area contributed by atoms with Gasteiger partial charge in [-0.25, -0.2) is 4.79 Å². The normalized spacial score (nSPS) is 18.5. The average molecular weight is 235 g/mol. The Morgan fingerprint density at radius 1 is 1.24 bits per heavy atom. The van der Waals surface area contributed by atoms with Gasteiger partial charge in [0.1, 0.15) is 12.1 Å². The molecule has 90 valence electrons. The summed E-state index contributed by atoms with van der Waals surface area (Å²) in [6.07, 6.45) is 0. The van der Waals surface area contributed by atoms with Crippen LogP contribution in [0, 0.1) is 0 Å². The highest BCUT2D eigenvalue weighted by molar-refractivity contribution is 6.43. The molecule has 5 heteroatoms. The largest absolute Gasteiger partial charge is 0.458 e. The summed E-state index contributed by atoms with van der Waals surface area (Å²) in [5, 5.41) is 18.5. The van der Waals surface area contributed by atoms with Crippen molar-refractivity contribution in [3.05, 3.63) is 35.9 Å². The van der Waals surface area contributed by atoms with Crippen LogP contribution in [0.3, 0.4) is 0 Å². The first-order valence-corrected chi connectivity index (χ1v) is 5.25. The predicted octanol–water partition coefficient (Wildman–Crippen LogP) is -0.244. The second-order valence-corrected chi connectivity index (χ2v) is 3.94. The molecule has 0 aromatic heterocycles. The van der Waals surface area contributed by atoms with Crippen molar-refractivity contribution in [1.82, 2.24) is 0 Å². The van der Waals surface area contributed by atoms with E-state index in [0.29, 0.717) is 5.56 Å². The van der Waals surface area contributed by atoms with Gasteiger partial charge in [-0.3, -0.25) is 4.99 Å². The molecule has 0 fully saturated rings. The van der Waals surface area contributed by atoms with Crippen LogP contribution in [0.25, 0.3) is 0 Å². The van der Waals surface area contributed by atoms with Crippen molar-refractivity contribution < 1.29 is 19.7 Å². The van der Waals surface area contributed by atoms with Crippen LogP contribution in [0.2, 0.25) is 0 Å². The van der Waals surface area contributed by atoms with Crippen molar-refractivity contribution in [2.24, 2.45) is 4.99 Å². The lowest BCUT2D eigenvalue weighted by atomic mass is 10.0. The van der Waals surface area contributed by atoms with E-state index in [0.717, 1.165) is 0 Å². The molecule has 0 saturated carbocycles. The third kappa shape index (κ3) is 2.20. The number of aliphatic hydroxyl groups is 2. The number of aliphatic imine (C=N–C) groups is 1. The third-order valence-corrected chi connectivity index (χ3v) is 2.65. The van der Waals surface area contributed by atoms with Crippen LogP contribution < -0.4 is 0 Å². The molecule has 0 spiro atoms. The van der Waals surface area contributed by atoms with Crippen LogP contribution in [-0.2, 0) is 9.53 Å². The second kappa shape index (κ2) is 4.65. The van der Waals surface area contributed by atoms with Crippen LogP contribution in [0.4, 0.5) is 0 Å². The molecule has 1 aromatic rings. The Balaban J connectivity index is 2.43. The molecule has 0 bridgehead atoms. The van der Waals surface area contributed by atoms with Gasteiger partial charge in [-0.2, -0.15) is 0 Å². The fourth-order valence-electron chi connectivity index (χ4n) is 1.57. The third-order valence-electron chi connectivity index (χ3n) is 2.65. The van der Waals surface area contributed by atoms with Crippen molar-refractivity contribution in [3.63, 3.8) is 0 Å². The topological polar surface area (TPSA) is 79.1 Å². The van der Waals surface area contributed by atoms with Crippen molar-refractivity contribution >= 4 is 11.7 Å². The molecule has 2 N–H and O–H groups in total. The quantitative estimate of drug-likeness (QED) is 0.708. The Kier molecular flexibility index (Phi) is 3.21. The summed E-state index contributed by atoms with van der Waals surface area (Å²) in [7, 11) is 0. The van der Waals surface area contributed by atoms with E-state index in [1.54, 1.807) is 24.3 Å². The predicted molar refractivity (Wildman–Crippen MR) is 60.8 cm³/mol. The Morgan fingerprint density at radius 3 is 2.47 bits per heavy atom. The number of benzene rings is 1. The zero-order valence-electron chi connectivity index (χ0n) is 9.17.